The molecule has 1 aliphatic rings. The lowest BCUT2D eigenvalue weighted by molar-refractivity contribution is -0.142. The average molecular weight is 230 g/mol. The summed E-state index contributed by atoms with van der Waals surface area (Å²) in [6, 6.07) is 9.88. The van der Waals surface area contributed by atoms with E-state index in [2.05, 4.69) is 0 Å². The predicted molar refractivity (Wildman–Crippen MR) is 65.1 cm³/mol. The van der Waals surface area contributed by atoms with Gasteiger partial charge in [0.1, 0.15) is 11.9 Å². The van der Waals surface area contributed by atoms with Gasteiger partial charge in [0.15, 0.2) is 0 Å². The van der Waals surface area contributed by atoms with E-state index in [4.69, 9.17) is 9.47 Å². The Morgan fingerprint density at radius 2 is 2.12 bits per heavy atom. The maximum atomic E-state index is 11.2. The minimum atomic E-state index is -0.351. The van der Waals surface area contributed by atoms with Crippen LogP contribution in [0.1, 0.15) is 12.0 Å². The predicted octanol–water partition coefficient (Wildman–Crippen LogP) is 2.55. The number of methoxy groups -OCH3 is 1. The van der Waals surface area contributed by atoms with Crippen LogP contribution in [0, 0.1) is 0 Å². The monoisotopic (exact) mass is 230 g/mol. The number of cyclic esters (lactones) is 1. The van der Waals surface area contributed by atoms with Gasteiger partial charge in [0.25, 0.3) is 0 Å². The molecule has 3 nitrogen and oxygen atoms in total. The highest BCUT2D eigenvalue weighted by Gasteiger charge is 2.19. The lowest BCUT2D eigenvalue weighted by Crippen LogP contribution is -2.21. The molecule has 0 spiro atoms. The van der Waals surface area contributed by atoms with Gasteiger partial charge in [0, 0.05) is 6.42 Å². The van der Waals surface area contributed by atoms with Gasteiger partial charge >= 0.3 is 5.97 Å². The van der Waals surface area contributed by atoms with Crippen molar-refractivity contribution in [2.45, 2.75) is 12.5 Å². The number of hydrogen-bond acceptors (Lipinski definition) is 3. The van der Waals surface area contributed by atoms with Gasteiger partial charge in [-0.15, -0.1) is 0 Å². The minimum Gasteiger partial charge on any atom is -0.501 e. The fourth-order valence-electron chi connectivity index (χ4n) is 1.65. The maximum Gasteiger partial charge on any atom is 0.334 e. The summed E-state index contributed by atoms with van der Waals surface area (Å²) in [6.45, 7) is 0. The molecule has 0 N–H and O–H groups in total. The van der Waals surface area contributed by atoms with Gasteiger partial charge in [-0.2, -0.15) is 0 Å². The van der Waals surface area contributed by atoms with Crippen LogP contribution in [0.3, 0.4) is 0 Å². The van der Waals surface area contributed by atoms with Crippen molar-refractivity contribution in [1.29, 1.82) is 0 Å². The van der Waals surface area contributed by atoms with Crippen molar-refractivity contribution in [3.8, 4) is 0 Å². The number of carbonyl (C=O) groups is 1. The molecule has 17 heavy (non-hydrogen) atoms. The van der Waals surface area contributed by atoms with E-state index in [9.17, 15) is 4.79 Å². The minimum absolute atomic E-state index is 0.248. The highest BCUT2D eigenvalue weighted by Crippen LogP contribution is 2.17. The Hall–Kier alpha value is -2.03. The number of esters is 1. The zero-order valence-electron chi connectivity index (χ0n) is 9.63. The zero-order chi connectivity index (χ0) is 12.1. The van der Waals surface area contributed by atoms with Gasteiger partial charge in [-0.25, -0.2) is 4.79 Å². The van der Waals surface area contributed by atoms with E-state index in [0.717, 1.165) is 5.56 Å². The van der Waals surface area contributed by atoms with Crippen molar-refractivity contribution in [3.63, 3.8) is 0 Å². The molecule has 0 radical (unpaired) electrons. The molecular weight excluding hydrogens is 216 g/mol. The first-order valence-electron chi connectivity index (χ1n) is 5.46. The standard InChI is InChI=1S/C14H14O3/c1-16-13-9-12(17-14(15)10-13)8-7-11-5-3-2-4-6-11/h2-8,10,12H,9H2,1H3/b8-7-. The van der Waals surface area contributed by atoms with E-state index in [1.807, 2.05) is 42.5 Å². The Balaban J connectivity index is 2.03. The van der Waals surface area contributed by atoms with E-state index < -0.39 is 0 Å². The van der Waals surface area contributed by atoms with Gasteiger partial charge in [-0.05, 0) is 11.6 Å². The van der Waals surface area contributed by atoms with Crippen LogP contribution in [0.25, 0.3) is 6.08 Å². The SMILES string of the molecule is COC1=CC(=O)OC(/C=C\c2ccccc2)C1. The second-order valence-electron chi connectivity index (χ2n) is 3.76. The summed E-state index contributed by atoms with van der Waals surface area (Å²) in [6.07, 6.45) is 5.54. The second-order valence-corrected chi connectivity index (χ2v) is 3.76. The smallest absolute Gasteiger partial charge is 0.334 e. The van der Waals surface area contributed by atoms with Gasteiger partial charge in [-0.3, -0.25) is 0 Å². The Morgan fingerprint density at radius 1 is 1.35 bits per heavy atom. The summed E-state index contributed by atoms with van der Waals surface area (Å²) >= 11 is 0. The molecule has 1 atom stereocenters. The van der Waals surface area contributed by atoms with Gasteiger partial charge in [-0.1, -0.05) is 36.4 Å². The largest absolute Gasteiger partial charge is 0.501 e. The molecule has 1 aromatic rings. The Bertz CT molecular complexity index is 446. The van der Waals surface area contributed by atoms with Gasteiger partial charge < -0.3 is 9.47 Å². The lowest BCUT2D eigenvalue weighted by Gasteiger charge is -2.19. The molecule has 1 aromatic carbocycles. The topological polar surface area (TPSA) is 35.5 Å². The normalized spacial score (nSPS) is 19.9. The third-order valence-corrected chi connectivity index (χ3v) is 2.51. The first-order chi connectivity index (χ1) is 8.28. The Kier molecular flexibility index (Phi) is 3.60. The number of rotatable bonds is 3. The van der Waals surface area contributed by atoms with Crippen molar-refractivity contribution in [2.24, 2.45) is 0 Å². The van der Waals surface area contributed by atoms with Crippen LogP contribution in [0.2, 0.25) is 0 Å². The van der Waals surface area contributed by atoms with E-state index in [1.54, 1.807) is 7.11 Å². The summed E-state index contributed by atoms with van der Waals surface area (Å²) in [5.74, 6) is 0.305. The molecule has 1 unspecified atom stereocenters. The van der Waals surface area contributed by atoms with Crippen molar-refractivity contribution in [1.82, 2.24) is 0 Å². The zero-order valence-corrected chi connectivity index (χ0v) is 9.63. The van der Waals surface area contributed by atoms with Crippen LogP contribution < -0.4 is 0 Å². The summed E-state index contributed by atoms with van der Waals surface area (Å²) < 4.78 is 10.2. The number of carbonyl (C=O) groups excluding carboxylic acids is 1. The second kappa shape index (κ2) is 5.34. The molecule has 0 saturated carbocycles. The summed E-state index contributed by atoms with van der Waals surface area (Å²) in [4.78, 5) is 11.2. The highest BCUT2D eigenvalue weighted by atomic mass is 16.5. The number of ether oxygens (including phenoxy) is 2. The number of hydrogen-bond donors (Lipinski definition) is 0. The highest BCUT2D eigenvalue weighted by molar-refractivity contribution is 5.83. The molecule has 88 valence electrons. The third-order valence-electron chi connectivity index (χ3n) is 2.51. The summed E-state index contributed by atoms with van der Waals surface area (Å²) in [5.41, 5.74) is 1.08. The summed E-state index contributed by atoms with van der Waals surface area (Å²) in [7, 11) is 1.56. The molecule has 0 fully saturated rings. The van der Waals surface area contributed by atoms with Crippen molar-refractivity contribution in [2.75, 3.05) is 7.11 Å². The van der Waals surface area contributed by atoms with Crippen LogP contribution in [-0.4, -0.2) is 19.2 Å². The molecule has 0 aliphatic carbocycles. The van der Waals surface area contributed by atoms with Crippen molar-refractivity contribution in [3.05, 3.63) is 53.8 Å². The van der Waals surface area contributed by atoms with Crippen LogP contribution in [0.4, 0.5) is 0 Å². The average Bonchev–Trinajstić information content (AvgIpc) is 2.37. The van der Waals surface area contributed by atoms with E-state index in [0.29, 0.717) is 12.2 Å². The molecule has 1 aliphatic heterocycles. The van der Waals surface area contributed by atoms with E-state index >= 15 is 0 Å². The molecule has 2 rings (SSSR count). The Morgan fingerprint density at radius 3 is 2.82 bits per heavy atom. The number of benzene rings is 1. The molecule has 1 heterocycles. The molecule has 0 saturated heterocycles. The van der Waals surface area contributed by atoms with Crippen LogP contribution in [-0.2, 0) is 14.3 Å². The first kappa shape index (κ1) is 11.5. The molecule has 3 heteroatoms. The molecule has 0 aromatic heterocycles. The Labute approximate surface area is 100 Å². The van der Waals surface area contributed by atoms with Crippen LogP contribution >= 0.6 is 0 Å². The maximum absolute atomic E-state index is 11.2. The third kappa shape index (κ3) is 3.21. The molecule has 0 amide bonds. The molecular formula is C14H14O3. The summed E-state index contributed by atoms with van der Waals surface area (Å²) in [5, 5.41) is 0. The van der Waals surface area contributed by atoms with Crippen LogP contribution in [0.15, 0.2) is 48.2 Å². The van der Waals surface area contributed by atoms with Crippen molar-refractivity contribution < 1.29 is 14.3 Å². The quantitative estimate of drug-likeness (QED) is 0.748. The fraction of sp³-hybridized carbons (Fsp3) is 0.214. The van der Waals surface area contributed by atoms with E-state index in [-0.39, 0.29) is 12.1 Å². The van der Waals surface area contributed by atoms with E-state index in [1.165, 1.54) is 6.08 Å². The van der Waals surface area contributed by atoms with Crippen LogP contribution in [0.5, 0.6) is 0 Å². The fourth-order valence-corrected chi connectivity index (χ4v) is 1.65. The van der Waals surface area contributed by atoms with Crippen molar-refractivity contribution >= 4 is 12.0 Å². The van der Waals surface area contributed by atoms with Gasteiger partial charge in [0.2, 0.25) is 0 Å². The first-order valence-corrected chi connectivity index (χ1v) is 5.46. The molecule has 0 bridgehead atoms. The lowest BCUT2D eigenvalue weighted by atomic mass is 10.1. The van der Waals surface area contributed by atoms with Gasteiger partial charge in [0.05, 0.1) is 13.2 Å².